The van der Waals surface area contributed by atoms with Gasteiger partial charge in [-0.25, -0.2) is 9.78 Å². The molecular weight excluding hydrogens is 413 g/mol. The van der Waals surface area contributed by atoms with Crippen molar-refractivity contribution in [2.75, 3.05) is 17.2 Å². The first kappa shape index (κ1) is 19.7. The van der Waals surface area contributed by atoms with E-state index in [0.717, 1.165) is 24.1 Å². The van der Waals surface area contributed by atoms with Crippen molar-refractivity contribution in [2.45, 2.75) is 25.8 Å². The average Bonchev–Trinajstić information content (AvgIpc) is 2.66. The number of fused-ring (bicyclic) bond motifs is 1. The highest BCUT2D eigenvalue weighted by Gasteiger charge is 2.29. The van der Waals surface area contributed by atoms with E-state index in [4.69, 9.17) is 45.3 Å². The van der Waals surface area contributed by atoms with Gasteiger partial charge < -0.3 is 15.4 Å². The molecule has 1 aliphatic heterocycles. The van der Waals surface area contributed by atoms with Crippen LogP contribution in [0.1, 0.15) is 29.4 Å². The second-order valence-corrected chi connectivity index (χ2v) is 7.26. The van der Waals surface area contributed by atoms with Gasteiger partial charge in [0, 0.05) is 11.7 Å². The van der Waals surface area contributed by atoms with E-state index in [-0.39, 0.29) is 38.5 Å². The summed E-state index contributed by atoms with van der Waals surface area (Å²) in [6, 6.07) is 7.65. The van der Waals surface area contributed by atoms with E-state index in [1.54, 1.807) is 4.90 Å². The number of aryl methyl sites for hydroxylation is 1. The van der Waals surface area contributed by atoms with Gasteiger partial charge in [0.2, 0.25) is 0 Å². The van der Waals surface area contributed by atoms with Crippen molar-refractivity contribution in [3.05, 3.63) is 50.7 Å². The molecule has 0 fully saturated rings. The summed E-state index contributed by atoms with van der Waals surface area (Å²) in [6.07, 6.45) is 1.72. The molecule has 1 unspecified atom stereocenters. The number of rotatable bonds is 3. The first-order valence-corrected chi connectivity index (χ1v) is 9.31. The Labute approximate surface area is 171 Å². The summed E-state index contributed by atoms with van der Waals surface area (Å²) in [5, 5.41) is -0.387. The van der Waals surface area contributed by atoms with Crippen molar-refractivity contribution in [3.63, 3.8) is 0 Å². The summed E-state index contributed by atoms with van der Waals surface area (Å²) in [5.74, 6) is -1.25. The van der Waals surface area contributed by atoms with E-state index in [9.17, 15) is 9.59 Å². The number of esters is 1. The van der Waals surface area contributed by atoms with Crippen LogP contribution in [0.15, 0.2) is 24.3 Å². The maximum atomic E-state index is 12.7. The molecule has 142 valence electrons. The highest BCUT2D eigenvalue weighted by molar-refractivity contribution is 6.46. The molecule has 3 rings (SSSR count). The Morgan fingerprint density at radius 3 is 2.70 bits per heavy atom. The van der Waals surface area contributed by atoms with Gasteiger partial charge in [0.1, 0.15) is 5.02 Å². The van der Waals surface area contributed by atoms with E-state index in [2.05, 4.69) is 4.98 Å². The third-order valence-electron chi connectivity index (χ3n) is 4.38. The number of pyridine rings is 1. The van der Waals surface area contributed by atoms with Gasteiger partial charge in [-0.1, -0.05) is 53.0 Å². The average molecular weight is 429 g/mol. The Morgan fingerprint density at radius 1 is 1.26 bits per heavy atom. The van der Waals surface area contributed by atoms with Gasteiger partial charge in [-0.2, -0.15) is 0 Å². The molecule has 2 N–H and O–H groups in total. The fraction of sp³-hybridized carbons (Fsp3) is 0.278. The molecule has 2 heterocycles. The predicted molar refractivity (Wildman–Crippen MR) is 106 cm³/mol. The molecule has 1 aromatic carbocycles. The third kappa shape index (κ3) is 3.83. The molecule has 6 nitrogen and oxygen atoms in total. The number of aromatic nitrogens is 1. The maximum absolute atomic E-state index is 12.7. The van der Waals surface area contributed by atoms with Gasteiger partial charge in [0.15, 0.2) is 17.5 Å². The van der Waals surface area contributed by atoms with Crippen LogP contribution < -0.4 is 10.6 Å². The molecule has 1 atom stereocenters. The van der Waals surface area contributed by atoms with Crippen LogP contribution in [0, 0.1) is 0 Å². The second-order valence-electron chi connectivity index (χ2n) is 6.15. The molecule has 1 aromatic heterocycles. The molecule has 0 spiro atoms. The Morgan fingerprint density at radius 2 is 1.96 bits per heavy atom. The van der Waals surface area contributed by atoms with Gasteiger partial charge >= 0.3 is 5.97 Å². The topological polar surface area (TPSA) is 85.5 Å². The molecule has 2 aromatic rings. The fourth-order valence-corrected chi connectivity index (χ4v) is 3.59. The summed E-state index contributed by atoms with van der Waals surface area (Å²) >= 11 is 17.7. The van der Waals surface area contributed by atoms with Crippen LogP contribution in [-0.2, 0) is 16.0 Å². The number of hydrogen-bond donors (Lipinski definition) is 1. The molecule has 0 saturated carbocycles. The molecule has 1 aliphatic rings. The summed E-state index contributed by atoms with van der Waals surface area (Å²) in [4.78, 5) is 30.4. The number of ether oxygens (including phenoxy) is 1. The van der Waals surface area contributed by atoms with Crippen LogP contribution in [0.2, 0.25) is 15.2 Å². The van der Waals surface area contributed by atoms with Crippen LogP contribution in [-0.4, -0.2) is 29.5 Å². The quantitative estimate of drug-likeness (QED) is 0.586. The number of nitrogens with two attached hydrogens (primary N) is 1. The molecule has 27 heavy (non-hydrogen) atoms. The smallest absolute Gasteiger partial charge is 0.359 e. The highest BCUT2D eigenvalue weighted by atomic mass is 35.5. The zero-order valence-electron chi connectivity index (χ0n) is 14.3. The summed E-state index contributed by atoms with van der Waals surface area (Å²) in [6.45, 7) is 1.49. The molecule has 0 aliphatic carbocycles. The molecule has 9 heteroatoms. The van der Waals surface area contributed by atoms with Crippen LogP contribution in [0.4, 0.5) is 11.4 Å². The number of anilines is 2. The molecule has 0 radical (unpaired) electrons. The number of nitrogen functional groups attached to an aromatic ring is 1. The van der Waals surface area contributed by atoms with Crippen molar-refractivity contribution in [3.8, 4) is 0 Å². The minimum Gasteiger partial charge on any atom is -0.451 e. The third-order valence-corrected chi connectivity index (χ3v) is 5.52. The fourth-order valence-electron chi connectivity index (χ4n) is 3.00. The minimum absolute atomic E-state index is 0.00608. The van der Waals surface area contributed by atoms with Crippen LogP contribution >= 0.6 is 34.8 Å². The Balaban J connectivity index is 1.76. The standard InChI is InChI=1S/C18H16Cl3N3O3/c1-9-6-7-10-4-2-3-5-11(10)24(9)12(25)8-27-18(26)16-13(19)15(22)14(20)17(21)23-16/h2-5,9H,6-8H2,1H3,(H2,22,23). The van der Waals surface area contributed by atoms with E-state index in [1.165, 1.54) is 0 Å². The first-order chi connectivity index (χ1) is 12.8. The summed E-state index contributed by atoms with van der Waals surface area (Å²) in [7, 11) is 0. The van der Waals surface area contributed by atoms with Crippen LogP contribution in [0.5, 0.6) is 0 Å². The van der Waals surface area contributed by atoms with Crippen molar-refractivity contribution < 1.29 is 14.3 Å². The Bertz CT molecular complexity index is 920. The molecule has 1 amide bonds. The SMILES string of the molecule is CC1CCc2ccccc2N1C(=O)COC(=O)c1nc(Cl)c(Cl)c(N)c1Cl. The monoisotopic (exact) mass is 427 g/mol. The van der Waals surface area contributed by atoms with E-state index in [1.807, 2.05) is 31.2 Å². The number of para-hydroxylation sites is 1. The van der Waals surface area contributed by atoms with E-state index in [0.29, 0.717) is 0 Å². The van der Waals surface area contributed by atoms with Gasteiger partial charge in [-0.3, -0.25) is 4.79 Å². The Kier molecular flexibility index (Phi) is 5.79. The van der Waals surface area contributed by atoms with Crippen molar-refractivity contribution >= 4 is 58.1 Å². The number of carbonyl (C=O) groups is 2. The maximum Gasteiger partial charge on any atom is 0.359 e. The number of benzene rings is 1. The van der Waals surface area contributed by atoms with Crippen LogP contribution in [0.3, 0.4) is 0 Å². The number of amides is 1. The number of halogens is 3. The number of hydrogen-bond acceptors (Lipinski definition) is 5. The van der Waals surface area contributed by atoms with Crippen molar-refractivity contribution in [1.82, 2.24) is 4.98 Å². The first-order valence-electron chi connectivity index (χ1n) is 8.18. The predicted octanol–water partition coefficient (Wildman–Crippen LogP) is 4.15. The van der Waals surface area contributed by atoms with E-state index < -0.39 is 12.6 Å². The van der Waals surface area contributed by atoms with Crippen LogP contribution in [0.25, 0.3) is 0 Å². The largest absolute Gasteiger partial charge is 0.451 e. The lowest BCUT2D eigenvalue weighted by Crippen LogP contribution is -2.44. The summed E-state index contributed by atoms with van der Waals surface area (Å²) in [5.41, 5.74) is 7.24. The normalized spacial score (nSPS) is 16.0. The number of nitrogens with zero attached hydrogens (tertiary/aromatic N) is 2. The van der Waals surface area contributed by atoms with Gasteiger partial charge in [-0.05, 0) is 31.4 Å². The minimum atomic E-state index is -0.906. The lowest BCUT2D eigenvalue weighted by atomic mass is 9.96. The highest BCUT2D eigenvalue weighted by Crippen LogP contribution is 2.35. The van der Waals surface area contributed by atoms with Gasteiger partial charge in [0.05, 0.1) is 10.7 Å². The summed E-state index contributed by atoms with van der Waals surface area (Å²) < 4.78 is 5.10. The molecule has 0 saturated heterocycles. The van der Waals surface area contributed by atoms with Crippen molar-refractivity contribution in [1.29, 1.82) is 0 Å². The lowest BCUT2D eigenvalue weighted by molar-refractivity contribution is -0.122. The van der Waals surface area contributed by atoms with Gasteiger partial charge in [0.25, 0.3) is 5.91 Å². The number of carbonyl (C=O) groups excluding carboxylic acids is 2. The molecule has 0 bridgehead atoms. The van der Waals surface area contributed by atoms with Crippen molar-refractivity contribution in [2.24, 2.45) is 0 Å². The van der Waals surface area contributed by atoms with E-state index >= 15 is 0 Å². The second kappa shape index (κ2) is 7.92. The molecular formula is C18H16Cl3N3O3. The Hall–Kier alpha value is -2.02. The zero-order chi connectivity index (χ0) is 19.7. The lowest BCUT2D eigenvalue weighted by Gasteiger charge is -2.35. The zero-order valence-corrected chi connectivity index (χ0v) is 16.6. The van der Waals surface area contributed by atoms with Gasteiger partial charge in [-0.15, -0.1) is 0 Å².